The molecule has 15 heavy (non-hydrogen) atoms. The Morgan fingerprint density at radius 2 is 2.00 bits per heavy atom. The van der Waals surface area contributed by atoms with Gasteiger partial charge in [-0.25, -0.2) is 0 Å². The maximum absolute atomic E-state index is 10.8. The van der Waals surface area contributed by atoms with E-state index in [4.69, 9.17) is 11.6 Å². The zero-order valence-corrected chi connectivity index (χ0v) is 9.74. The maximum atomic E-state index is 10.8. The van der Waals surface area contributed by atoms with E-state index in [-0.39, 0.29) is 0 Å². The molecule has 0 spiro atoms. The van der Waals surface area contributed by atoms with Gasteiger partial charge in [-0.15, -0.1) is 0 Å². The summed E-state index contributed by atoms with van der Waals surface area (Å²) in [4.78, 5) is 11.9. The molecular formula is C9H13N3OS2. The highest BCUT2D eigenvalue weighted by molar-refractivity contribution is 8.76. The summed E-state index contributed by atoms with van der Waals surface area (Å²) in [6.45, 7) is 0.775. The molecule has 6 heteroatoms. The van der Waals surface area contributed by atoms with Crippen LogP contribution >= 0.6 is 21.6 Å². The number of hydrazine groups is 1. The molecule has 0 aromatic heterocycles. The predicted octanol–water partition coefficient (Wildman–Crippen LogP) is 0.989. The first kappa shape index (κ1) is 12.4. The van der Waals surface area contributed by atoms with E-state index in [2.05, 4.69) is 5.43 Å². The standard InChI is InChI=1S/C9H13N3OS2/c10-9(13)7-1-3-8(4-2-7)15-14-6-5-12-11/h1-4,12H,5-6,11H2,(H2,10,13). The number of rotatable bonds is 6. The van der Waals surface area contributed by atoms with Crippen LogP contribution in [0.3, 0.4) is 0 Å². The average molecular weight is 243 g/mol. The Morgan fingerprint density at radius 3 is 2.53 bits per heavy atom. The van der Waals surface area contributed by atoms with Crippen LogP contribution < -0.4 is 17.0 Å². The fourth-order valence-corrected chi connectivity index (χ4v) is 2.79. The first-order valence-corrected chi connectivity index (χ1v) is 6.68. The van der Waals surface area contributed by atoms with Crippen molar-refractivity contribution < 1.29 is 4.79 Å². The molecule has 0 aliphatic rings. The van der Waals surface area contributed by atoms with Gasteiger partial charge < -0.3 is 5.73 Å². The Kier molecular flexibility index (Phi) is 5.56. The van der Waals surface area contributed by atoms with Gasteiger partial charge >= 0.3 is 0 Å². The zero-order valence-electron chi connectivity index (χ0n) is 8.10. The van der Waals surface area contributed by atoms with Crippen LogP contribution in [0.2, 0.25) is 0 Å². The van der Waals surface area contributed by atoms with Gasteiger partial charge in [0.15, 0.2) is 0 Å². The van der Waals surface area contributed by atoms with E-state index in [1.54, 1.807) is 33.7 Å². The molecule has 1 aromatic carbocycles. The molecule has 82 valence electrons. The lowest BCUT2D eigenvalue weighted by atomic mass is 10.2. The number of nitrogens with one attached hydrogen (secondary N) is 1. The molecular weight excluding hydrogens is 230 g/mol. The molecule has 0 unspecified atom stereocenters. The summed E-state index contributed by atoms with van der Waals surface area (Å²) in [6.07, 6.45) is 0. The molecule has 0 bridgehead atoms. The van der Waals surface area contributed by atoms with Crippen molar-refractivity contribution in [3.8, 4) is 0 Å². The fourth-order valence-electron chi connectivity index (χ4n) is 0.885. The van der Waals surface area contributed by atoms with Crippen molar-refractivity contribution in [3.05, 3.63) is 29.8 Å². The van der Waals surface area contributed by atoms with Crippen LogP contribution in [0.25, 0.3) is 0 Å². The molecule has 0 heterocycles. The number of benzene rings is 1. The highest BCUT2D eigenvalue weighted by atomic mass is 33.1. The van der Waals surface area contributed by atoms with Gasteiger partial charge in [0.25, 0.3) is 0 Å². The van der Waals surface area contributed by atoms with Gasteiger partial charge in [-0.05, 0) is 24.3 Å². The average Bonchev–Trinajstić information content (AvgIpc) is 2.25. The van der Waals surface area contributed by atoms with Crippen molar-refractivity contribution in [2.45, 2.75) is 4.90 Å². The Labute approximate surface area is 96.5 Å². The third-order valence-electron chi connectivity index (χ3n) is 1.62. The van der Waals surface area contributed by atoms with Crippen molar-refractivity contribution in [2.75, 3.05) is 12.3 Å². The Bertz CT molecular complexity index is 316. The first-order valence-electron chi connectivity index (χ1n) is 4.37. The first-order chi connectivity index (χ1) is 7.24. The molecule has 0 saturated carbocycles. The Morgan fingerprint density at radius 1 is 1.33 bits per heavy atom. The van der Waals surface area contributed by atoms with Gasteiger partial charge in [0, 0.05) is 22.8 Å². The summed E-state index contributed by atoms with van der Waals surface area (Å²) in [7, 11) is 3.35. The van der Waals surface area contributed by atoms with Gasteiger partial charge in [0.2, 0.25) is 5.91 Å². The molecule has 0 fully saturated rings. The zero-order chi connectivity index (χ0) is 11.1. The molecule has 1 rings (SSSR count). The number of carbonyl (C=O) groups is 1. The largest absolute Gasteiger partial charge is 0.366 e. The molecule has 1 amide bonds. The minimum absolute atomic E-state index is 0.397. The van der Waals surface area contributed by atoms with Crippen molar-refractivity contribution in [3.63, 3.8) is 0 Å². The van der Waals surface area contributed by atoms with Crippen molar-refractivity contribution in [1.82, 2.24) is 5.43 Å². The Balaban J connectivity index is 2.39. The molecule has 0 aliphatic carbocycles. The second-order valence-corrected chi connectivity index (χ2v) is 5.24. The lowest BCUT2D eigenvalue weighted by molar-refractivity contribution is 0.100. The van der Waals surface area contributed by atoms with E-state index in [1.807, 2.05) is 12.1 Å². The van der Waals surface area contributed by atoms with Crippen LogP contribution in [-0.2, 0) is 0 Å². The van der Waals surface area contributed by atoms with Gasteiger partial charge in [-0.3, -0.25) is 16.1 Å². The topological polar surface area (TPSA) is 81.1 Å². The van der Waals surface area contributed by atoms with Gasteiger partial charge in [-0.1, -0.05) is 21.6 Å². The summed E-state index contributed by atoms with van der Waals surface area (Å²) in [5, 5.41) is 0. The summed E-state index contributed by atoms with van der Waals surface area (Å²) in [5.74, 6) is 5.67. The van der Waals surface area contributed by atoms with Crippen LogP contribution in [0.5, 0.6) is 0 Å². The predicted molar refractivity (Wildman–Crippen MR) is 65.5 cm³/mol. The molecule has 1 aromatic rings. The molecule has 5 N–H and O–H groups in total. The number of hydrogen-bond acceptors (Lipinski definition) is 5. The smallest absolute Gasteiger partial charge is 0.248 e. The summed E-state index contributed by atoms with van der Waals surface area (Å²) >= 11 is 0. The fraction of sp³-hybridized carbons (Fsp3) is 0.222. The van der Waals surface area contributed by atoms with Gasteiger partial charge in [-0.2, -0.15) is 0 Å². The van der Waals surface area contributed by atoms with E-state index in [1.165, 1.54) is 0 Å². The molecule has 0 radical (unpaired) electrons. The normalized spacial score (nSPS) is 10.2. The second-order valence-electron chi connectivity index (χ2n) is 2.75. The van der Waals surface area contributed by atoms with Crippen LogP contribution in [0.4, 0.5) is 0 Å². The third kappa shape index (κ3) is 4.57. The minimum atomic E-state index is -0.397. The molecule has 0 aliphatic heterocycles. The summed E-state index contributed by atoms with van der Waals surface area (Å²) in [5.41, 5.74) is 8.25. The minimum Gasteiger partial charge on any atom is -0.366 e. The molecule has 4 nitrogen and oxygen atoms in total. The number of amides is 1. The van der Waals surface area contributed by atoms with E-state index in [9.17, 15) is 4.79 Å². The Hall–Kier alpha value is -0.690. The summed E-state index contributed by atoms with van der Waals surface area (Å²) < 4.78 is 0. The molecule has 0 atom stereocenters. The van der Waals surface area contributed by atoms with Crippen molar-refractivity contribution >= 4 is 27.5 Å². The monoisotopic (exact) mass is 243 g/mol. The van der Waals surface area contributed by atoms with E-state index < -0.39 is 5.91 Å². The third-order valence-corrected chi connectivity index (χ3v) is 4.01. The van der Waals surface area contributed by atoms with Gasteiger partial charge in [0.05, 0.1) is 0 Å². The highest BCUT2D eigenvalue weighted by Gasteiger charge is 2.00. The quantitative estimate of drug-likeness (QED) is 0.300. The van der Waals surface area contributed by atoms with Crippen molar-refractivity contribution in [1.29, 1.82) is 0 Å². The second kappa shape index (κ2) is 6.73. The van der Waals surface area contributed by atoms with Gasteiger partial charge in [0.1, 0.15) is 0 Å². The van der Waals surface area contributed by atoms with Crippen LogP contribution in [0.15, 0.2) is 29.2 Å². The lowest BCUT2D eigenvalue weighted by Crippen LogP contribution is -2.24. The van der Waals surface area contributed by atoms with E-state index in [0.717, 1.165) is 17.2 Å². The summed E-state index contributed by atoms with van der Waals surface area (Å²) in [6, 6.07) is 7.22. The van der Waals surface area contributed by atoms with E-state index >= 15 is 0 Å². The molecule has 0 saturated heterocycles. The number of carbonyl (C=O) groups excluding carboxylic acids is 1. The highest BCUT2D eigenvalue weighted by Crippen LogP contribution is 2.30. The SMILES string of the molecule is NNCCSSc1ccc(C(N)=O)cc1. The number of nitrogens with two attached hydrogens (primary N) is 2. The maximum Gasteiger partial charge on any atom is 0.248 e. The number of hydrogen-bond donors (Lipinski definition) is 3. The van der Waals surface area contributed by atoms with Crippen LogP contribution in [-0.4, -0.2) is 18.2 Å². The number of primary amides is 1. The van der Waals surface area contributed by atoms with Crippen LogP contribution in [0, 0.1) is 0 Å². The lowest BCUT2D eigenvalue weighted by Gasteiger charge is -2.01. The van der Waals surface area contributed by atoms with Crippen LogP contribution in [0.1, 0.15) is 10.4 Å². The van der Waals surface area contributed by atoms with E-state index in [0.29, 0.717) is 5.56 Å². The van der Waals surface area contributed by atoms with Crippen molar-refractivity contribution in [2.24, 2.45) is 11.6 Å².